The number of hydrogen-bond donors (Lipinski definition) is 0. The number of thiophene rings is 1. The van der Waals surface area contributed by atoms with Crippen molar-refractivity contribution in [3.63, 3.8) is 0 Å². The van der Waals surface area contributed by atoms with E-state index in [0.29, 0.717) is 17.7 Å². The quantitative estimate of drug-likeness (QED) is 0.445. The van der Waals surface area contributed by atoms with E-state index < -0.39 is 0 Å². The lowest BCUT2D eigenvalue weighted by atomic mass is 9.77. The van der Waals surface area contributed by atoms with Gasteiger partial charge in [0.15, 0.2) is 0 Å². The van der Waals surface area contributed by atoms with Crippen molar-refractivity contribution in [2.75, 3.05) is 13.1 Å². The number of aryl methyl sites for hydroxylation is 1. The van der Waals surface area contributed by atoms with Crippen LogP contribution in [0.2, 0.25) is 0 Å². The molecule has 1 aliphatic carbocycles. The maximum Gasteiger partial charge on any atom is 0.232 e. The van der Waals surface area contributed by atoms with Crippen molar-refractivity contribution in [3.8, 4) is 5.88 Å². The molecule has 32 heavy (non-hydrogen) atoms. The first kappa shape index (κ1) is 19.9. The Morgan fingerprint density at radius 1 is 1.06 bits per heavy atom. The van der Waals surface area contributed by atoms with E-state index in [4.69, 9.17) is 9.72 Å². The van der Waals surface area contributed by atoms with Gasteiger partial charge in [-0.15, -0.1) is 11.3 Å². The van der Waals surface area contributed by atoms with Crippen LogP contribution in [-0.4, -0.2) is 43.6 Å². The number of aromatic nitrogens is 4. The molecule has 1 aromatic carbocycles. The fourth-order valence-electron chi connectivity index (χ4n) is 5.72. The molecule has 1 saturated carbocycles. The smallest absolute Gasteiger partial charge is 0.232 e. The summed E-state index contributed by atoms with van der Waals surface area (Å²) in [6.07, 6.45) is 7.28. The molecule has 1 aliphatic heterocycles. The summed E-state index contributed by atoms with van der Waals surface area (Å²) in [6.45, 7) is 5.46. The molecule has 1 saturated heterocycles. The Hall–Kier alpha value is -2.77. The minimum absolute atomic E-state index is 0.0472. The average molecular weight is 446 g/mol. The van der Waals surface area contributed by atoms with Crippen LogP contribution >= 0.6 is 11.3 Å². The molecule has 4 heterocycles. The van der Waals surface area contributed by atoms with E-state index in [1.807, 2.05) is 11.3 Å². The van der Waals surface area contributed by atoms with E-state index in [0.717, 1.165) is 43.8 Å². The fraction of sp³-hybridized carbons (Fsp3) is 0.400. The molecule has 2 fully saturated rings. The van der Waals surface area contributed by atoms with Crippen LogP contribution < -0.4 is 4.74 Å². The molecule has 0 bridgehead atoms. The Balaban J connectivity index is 1.32. The Bertz CT molecular complexity index is 1190. The van der Waals surface area contributed by atoms with Gasteiger partial charge in [-0.2, -0.15) is 0 Å². The van der Waals surface area contributed by atoms with Crippen LogP contribution in [-0.2, 0) is 6.54 Å². The van der Waals surface area contributed by atoms with Crippen LogP contribution in [0.25, 0.3) is 11.0 Å². The molecular formula is C25H27N5OS. The minimum atomic E-state index is 0.0472. The molecule has 164 valence electrons. The number of ether oxygens (including phenoxy) is 1. The third kappa shape index (κ3) is 3.69. The van der Waals surface area contributed by atoms with Gasteiger partial charge in [0.25, 0.3) is 0 Å². The summed E-state index contributed by atoms with van der Waals surface area (Å²) in [7, 11) is 0. The number of fused-ring (bicyclic) bond motifs is 2. The molecule has 4 aromatic rings. The number of likely N-dealkylation sites (tertiary alicyclic amines) is 1. The second-order valence-electron chi connectivity index (χ2n) is 9.05. The van der Waals surface area contributed by atoms with Gasteiger partial charge in [0.05, 0.1) is 23.3 Å². The topological polar surface area (TPSA) is 56.1 Å². The molecule has 0 N–H and O–H groups in total. The third-order valence-corrected chi connectivity index (χ3v) is 7.90. The zero-order valence-electron chi connectivity index (χ0n) is 18.2. The van der Waals surface area contributed by atoms with Crippen molar-refractivity contribution in [1.29, 1.82) is 0 Å². The zero-order valence-corrected chi connectivity index (χ0v) is 19.0. The van der Waals surface area contributed by atoms with Crippen LogP contribution in [0.1, 0.15) is 29.6 Å². The van der Waals surface area contributed by atoms with E-state index in [-0.39, 0.29) is 12.1 Å². The van der Waals surface area contributed by atoms with Crippen molar-refractivity contribution in [2.24, 2.45) is 11.8 Å². The Morgan fingerprint density at radius 3 is 2.75 bits per heavy atom. The molecule has 2 aliphatic rings. The highest BCUT2D eigenvalue weighted by atomic mass is 32.1. The van der Waals surface area contributed by atoms with Crippen molar-refractivity contribution >= 4 is 22.4 Å². The summed E-state index contributed by atoms with van der Waals surface area (Å²) in [6, 6.07) is 13.1. The van der Waals surface area contributed by atoms with Crippen LogP contribution in [0.4, 0.5) is 0 Å². The molecule has 0 spiro atoms. The molecule has 7 heteroatoms. The summed E-state index contributed by atoms with van der Waals surface area (Å²) in [5.74, 6) is 2.97. The van der Waals surface area contributed by atoms with E-state index in [9.17, 15) is 0 Å². The summed E-state index contributed by atoms with van der Waals surface area (Å²) < 4.78 is 8.92. The van der Waals surface area contributed by atoms with Gasteiger partial charge in [0, 0.05) is 36.9 Å². The number of para-hydroxylation sites is 2. The summed E-state index contributed by atoms with van der Waals surface area (Å²) in [4.78, 5) is 17.5. The van der Waals surface area contributed by atoms with Gasteiger partial charge in [-0.1, -0.05) is 18.2 Å². The van der Waals surface area contributed by atoms with Gasteiger partial charge in [0.1, 0.15) is 11.9 Å². The van der Waals surface area contributed by atoms with Crippen molar-refractivity contribution in [3.05, 3.63) is 71.1 Å². The summed E-state index contributed by atoms with van der Waals surface area (Å²) in [5, 5.41) is 2.17. The van der Waals surface area contributed by atoms with Gasteiger partial charge >= 0.3 is 0 Å². The van der Waals surface area contributed by atoms with Crippen LogP contribution in [0.5, 0.6) is 5.88 Å². The van der Waals surface area contributed by atoms with Gasteiger partial charge in [0.2, 0.25) is 5.88 Å². The average Bonchev–Trinajstić information content (AvgIpc) is 3.52. The molecule has 4 atom stereocenters. The van der Waals surface area contributed by atoms with E-state index >= 15 is 0 Å². The molecule has 0 amide bonds. The monoisotopic (exact) mass is 445 g/mol. The highest BCUT2D eigenvalue weighted by molar-refractivity contribution is 7.09. The second-order valence-corrected chi connectivity index (χ2v) is 10.1. The van der Waals surface area contributed by atoms with Crippen LogP contribution in [0, 0.1) is 18.8 Å². The fourth-order valence-corrected chi connectivity index (χ4v) is 6.47. The van der Waals surface area contributed by atoms with E-state index in [1.54, 1.807) is 18.6 Å². The summed E-state index contributed by atoms with van der Waals surface area (Å²) >= 11 is 1.85. The Labute approximate surface area is 191 Å². The van der Waals surface area contributed by atoms with Gasteiger partial charge in [-0.3, -0.25) is 9.88 Å². The third-order valence-electron chi connectivity index (χ3n) is 7.04. The molecule has 3 aromatic heterocycles. The lowest BCUT2D eigenvalue weighted by Crippen LogP contribution is -2.40. The highest BCUT2D eigenvalue weighted by Gasteiger charge is 2.44. The predicted molar refractivity (Wildman–Crippen MR) is 126 cm³/mol. The zero-order chi connectivity index (χ0) is 21.5. The second kappa shape index (κ2) is 8.30. The minimum Gasteiger partial charge on any atom is -0.471 e. The van der Waals surface area contributed by atoms with Crippen molar-refractivity contribution in [1.82, 2.24) is 24.4 Å². The number of rotatable bonds is 5. The number of hydrogen-bond acceptors (Lipinski definition) is 6. The van der Waals surface area contributed by atoms with Crippen LogP contribution in [0.3, 0.4) is 0 Å². The van der Waals surface area contributed by atoms with Crippen molar-refractivity contribution < 1.29 is 4.74 Å². The predicted octanol–water partition coefficient (Wildman–Crippen LogP) is 4.73. The Kier molecular flexibility index (Phi) is 5.15. The lowest BCUT2D eigenvalue weighted by Gasteiger charge is -2.39. The van der Waals surface area contributed by atoms with E-state index in [1.165, 1.54) is 10.4 Å². The highest BCUT2D eigenvalue weighted by Crippen LogP contribution is 2.44. The van der Waals surface area contributed by atoms with Gasteiger partial charge < -0.3 is 9.30 Å². The van der Waals surface area contributed by atoms with E-state index in [2.05, 4.69) is 68.1 Å². The first-order valence-electron chi connectivity index (χ1n) is 11.4. The Morgan fingerprint density at radius 2 is 1.94 bits per heavy atom. The van der Waals surface area contributed by atoms with Crippen LogP contribution in [0.15, 0.2) is 60.4 Å². The number of nitrogens with zero attached hydrogens (tertiary/aromatic N) is 5. The maximum absolute atomic E-state index is 6.51. The molecule has 6 nitrogen and oxygen atoms in total. The largest absolute Gasteiger partial charge is 0.471 e. The van der Waals surface area contributed by atoms with Gasteiger partial charge in [-0.25, -0.2) is 9.97 Å². The normalized spacial score (nSPS) is 25.8. The molecule has 0 radical (unpaired) electrons. The van der Waals surface area contributed by atoms with Crippen molar-refractivity contribution in [2.45, 2.75) is 38.5 Å². The summed E-state index contributed by atoms with van der Waals surface area (Å²) in [5.41, 5.74) is 2.24. The molecule has 6 rings (SSSR count). The standard InChI is InChI=1S/C25H27N5OS/c1-17-28-21-6-2-3-7-22(21)30(17)23-11-18-14-29(16-20-5-4-10-32-20)15-19(18)12-24(23)31-25-13-26-8-9-27-25/h2-10,13,18-19,23-24H,11-12,14-16H2,1H3/t18-,19+,23-,24-/m0/s1. The molecule has 0 unspecified atom stereocenters. The lowest BCUT2D eigenvalue weighted by molar-refractivity contribution is 0.0519. The maximum atomic E-state index is 6.51. The SMILES string of the molecule is Cc1nc2ccccc2n1[C@H]1C[C@H]2CN(Cc3cccs3)C[C@H]2C[C@@H]1Oc1cnccn1. The first-order chi connectivity index (χ1) is 15.7. The number of imidazole rings is 1. The number of benzene rings is 1. The first-order valence-corrected chi connectivity index (χ1v) is 12.2. The molecular weight excluding hydrogens is 418 g/mol. The van der Waals surface area contributed by atoms with Gasteiger partial charge in [-0.05, 0) is 55.2 Å².